The molecule has 1 aromatic carbocycles. The summed E-state index contributed by atoms with van der Waals surface area (Å²) in [4.78, 5) is 0. The van der Waals surface area contributed by atoms with Gasteiger partial charge in [-0.3, -0.25) is 0 Å². The van der Waals surface area contributed by atoms with Gasteiger partial charge < -0.3 is 10.1 Å². The molecule has 1 aromatic rings. The molecule has 0 radical (unpaired) electrons. The quantitative estimate of drug-likeness (QED) is 0.656. The summed E-state index contributed by atoms with van der Waals surface area (Å²) >= 11 is 3.52. The molecule has 0 saturated heterocycles. The molecule has 0 amide bonds. The molecule has 0 atom stereocenters. The second-order valence-electron chi connectivity index (χ2n) is 4.45. The van der Waals surface area contributed by atoms with Crippen molar-refractivity contribution in [1.29, 1.82) is 0 Å². The van der Waals surface area contributed by atoms with Crippen LogP contribution in [0.25, 0.3) is 0 Å². The summed E-state index contributed by atoms with van der Waals surface area (Å²) in [6.07, 6.45) is 5.26. The summed E-state index contributed by atoms with van der Waals surface area (Å²) in [7, 11) is 0. The first-order valence-corrected chi connectivity index (χ1v) is 7.65. The maximum atomic E-state index is 5.64. The molecule has 0 aliphatic rings. The van der Waals surface area contributed by atoms with E-state index in [1.54, 1.807) is 0 Å². The van der Waals surface area contributed by atoms with E-state index in [2.05, 4.69) is 34.2 Å². The van der Waals surface area contributed by atoms with Crippen LogP contribution in [0.1, 0.15) is 38.2 Å². The van der Waals surface area contributed by atoms with Gasteiger partial charge in [-0.1, -0.05) is 60.3 Å². The molecule has 0 aliphatic carbocycles. The molecule has 0 fully saturated rings. The van der Waals surface area contributed by atoms with Gasteiger partial charge in [0.05, 0.1) is 13.2 Å². The molecule has 0 saturated carbocycles. The van der Waals surface area contributed by atoms with E-state index in [4.69, 9.17) is 4.74 Å². The van der Waals surface area contributed by atoms with Crippen LogP contribution in [0.5, 0.6) is 0 Å². The van der Waals surface area contributed by atoms with Crippen LogP contribution < -0.4 is 5.32 Å². The standard InChI is InChI=1S/C15H24BrNO/c1-2-3-4-7-10-17-11-12-18-13-14-8-5-6-9-15(14)16/h5-6,8-9,17H,2-4,7,10-13H2,1H3. The van der Waals surface area contributed by atoms with Gasteiger partial charge in [-0.2, -0.15) is 0 Å². The van der Waals surface area contributed by atoms with E-state index in [0.717, 1.165) is 24.2 Å². The smallest absolute Gasteiger partial charge is 0.0728 e. The van der Waals surface area contributed by atoms with E-state index in [1.165, 1.54) is 31.2 Å². The number of halogens is 1. The summed E-state index contributed by atoms with van der Waals surface area (Å²) in [5.41, 5.74) is 1.21. The minimum absolute atomic E-state index is 0.680. The Hall–Kier alpha value is -0.380. The molecule has 2 nitrogen and oxygen atoms in total. The zero-order valence-electron chi connectivity index (χ0n) is 11.3. The van der Waals surface area contributed by atoms with Crippen molar-refractivity contribution in [3.63, 3.8) is 0 Å². The maximum Gasteiger partial charge on any atom is 0.0728 e. The Morgan fingerprint density at radius 2 is 1.94 bits per heavy atom. The molecule has 3 heteroatoms. The van der Waals surface area contributed by atoms with Crippen LogP contribution in [0.3, 0.4) is 0 Å². The first kappa shape index (κ1) is 15.7. The average molecular weight is 314 g/mol. The van der Waals surface area contributed by atoms with Crippen LogP contribution in [-0.4, -0.2) is 19.7 Å². The van der Waals surface area contributed by atoms with E-state index in [1.807, 2.05) is 18.2 Å². The van der Waals surface area contributed by atoms with E-state index in [-0.39, 0.29) is 0 Å². The van der Waals surface area contributed by atoms with Gasteiger partial charge in [0.2, 0.25) is 0 Å². The van der Waals surface area contributed by atoms with E-state index in [0.29, 0.717) is 6.61 Å². The molecule has 0 heterocycles. The molecule has 0 spiro atoms. The summed E-state index contributed by atoms with van der Waals surface area (Å²) in [5.74, 6) is 0. The normalized spacial score (nSPS) is 10.8. The van der Waals surface area contributed by atoms with Crippen LogP contribution in [-0.2, 0) is 11.3 Å². The van der Waals surface area contributed by atoms with Gasteiger partial charge in [0.1, 0.15) is 0 Å². The van der Waals surface area contributed by atoms with Gasteiger partial charge in [-0.25, -0.2) is 0 Å². The van der Waals surface area contributed by atoms with Crippen molar-refractivity contribution < 1.29 is 4.74 Å². The van der Waals surface area contributed by atoms with Crippen LogP contribution in [0.4, 0.5) is 0 Å². The Bertz CT molecular complexity index is 317. The van der Waals surface area contributed by atoms with Gasteiger partial charge in [0.15, 0.2) is 0 Å². The molecular formula is C15H24BrNO. The third kappa shape index (κ3) is 7.14. The summed E-state index contributed by atoms with van der Waals surface area (Å²) in [6, 6.07) is 8.19. The predicted octanol–water partition coefficient (Wildman–Crippen LogP) is 4.14. The van der Waals surface area contributed by atoms with Crippen molar-refractivity contribution in [3.05, 3.63) is 34.3 Å². The highest BCUT2D eigenvalue weighted by atomic mass is 79.9. The van der Waals surface area contributed by atoms with Crippen molar-refractivity contribution in [1.82, 2.24) is 5.32 Å². The summed E-state index contributed by atoms with van der Waals surface area (Å²) in [5, 5.41) is 3.41. The molecule has 18 heavy (non-hydrogen) atoms. The summed E-state index contributed by atoms with van der Waals surface area (Å²) < 4.78 is 6.76. The third-order valence-corrected chi connectivity index (χ3v) is 3.62. The third-order valence-electron chi connectivity index (χ3n) is 2.85. The van der Waals surface area contributed by atoms with Gasteiger partial charge in [0.25, 0.3) is 0 Å². The Balaban J connectivity index is 1.94. The van der Waals surface area contributed by atoms with E-state index in [9.17, 15) is 0 Å². The topological polar surface area (TPSA) is 21.3 Å². The number of rotatable bonds is 10. The fourth-order valence-corrected chi connectivity index (χ4v) is 2.14. The first-order valence-electron chi connectivity index (χ1n) is 6.86. The maximum absolute atomic E-state index is 5.64. The van der Waals surface area contributed by atoms with Gasteiger partial charge in [-0.15, -0.1) is 0 Å². The lowest BCUT2D eigenvalue weighted by Crippen LogP contribution is -2.20. The van der Waals surface area contributed by atoms with Crippen LogP contribution in [0.2, 0.25) is 0 Å². The van der Waals surface area contributed by atoms with Crippen molar-refractivity contribution >= 4 is 15.9 Å². The minimum Gasteiger partial charge on any atom is -0.375 e. The van der Waals surface area contributed by atoms with Gasteiger partial charge in [-0.05, 0) is 24.6 Å². The number of ether oxygens (including phenoxy) is 1. The number of benzene rings is 1. The SMILES string of the molecule is CCCCCCNCCOCc1ccccc1Br. The highest BCUT2D eigenvalue weighted by Gasteiger charge is 1.97. The molecule has 0 bridgehead atoms. The molecule has 0 aliphatic heterocycles. The van der Waals surface area contributed by atoms with Crippen LogP contribution >= 0.6 is 15.9 Å². The Morgan fingerprint density at radius 3 is 2.72 bits per heavy atom. The van der Waals surface area contributed by atoms with Crippen molar-refractivity contribution in [3.8, 4) is 0 Å². The Labute approximate surface area is 119 Å². The minimum atomic E-state index is 0.680. The van der Waals surface area contributed by atoms with Crippen LogP contribution in [0, 0.1) is 0 Å². The number of unbranched alkanes of at least 4 members (excludes halogenated alkanes) is 3. The molecule has 1 rings (SSSR count). The fourth-order valence-electron chi connectivity index (χ4n) is 1.74. The largest absolute Gasteiger partial charge is 0.375 e. The highest BCUT2D eigenvalue weighted by Crippen LogP contribution is 2.16. The fraction of sp³-hybridized carbons (Fsp3) is 0.600. The molecule has 0 aromatic heterocycles. The zero-order chi connectivity index (χ0) is 13.1. The van der Waals surface area contributed by atoms with Gasteiger partial charge in [0, 0.05) is 11.0 Å². The lowest BCUT2D eigenvalue weighted by molar-refractivity contribution is 0.122. The number of hydrogen-bond acceptors (Lipinski definition) is 2. The molecule has 1 N–H and O–H groups in total. The predicted molar refractivity (Wildman–Crippen MR) is 80.8 cm³/mol. The second-order valence-corrected chi connectivity index (χ2v) is 5.31. The lowest BCUT2D eigenvalue weighted by atomic mass is 10.2. The van der Waals surface area contributed by atoms with Gasteiger partial charge >= 0.3 is 0 Å². The zero-order valence-corrected chi connectivity index (χ0v) is 12.8. The number of nitrogens with one attached hydrogen (secondary N) is 1. The summed E-state index contributed by atoms with van der Waals surface area (Å²) in [6.45, 7) is 5.74. The molecule has 102 valence electrons. The Morgan fingerprint density at radius 1 is 1.11 bits per heavy atom. The van der Waals surface area contributed by atoms with Crippen molar-refractivity contribution in [2.45, 2.75) is 39.2 Å². The van der Waals surface area contributed by atoms with Crippen molar-refractivity contribution in [2.24, 2.45) is 0 Å². The monoisotopic (exact) mass is 313 g/mol. The first-order chi connectivity index (χ1) is 8.84. The highest BCUT2D eigenvalue weighted by molar-refractivity contribution is 9.10. The lowest BCUT2D eigenvalue weighted by Gasteiger charge is -2.07. The van der Waals surface area contributed by atoms with Crippen molar-refractivity contribution in [2.75, 3.05) is 19.7 Å². The molecular weight excluding hydrogens is 290 g/mol. The van der Waals surface area contributed by atoms with E-state index < -0.39 is 0 Å². The second kappa shape index (κ2) is 10.5. The van der Waals surface area contributed by atoms with Crippen LogP contribution in [0.15, 0.2) is 28.7 Å². The number of hydrogen-bond donors (Lipinski definition) is 1. The van der Waals surface area contributed by atoms with E-state index >= 15 is 0 Å². The average Bonchev–Trinajstić information content (AvgIpc) is 2.39. The molecule has 0 unspecified atom stereocenters. The Kier molecular flexibility index (Phi) is 9.17.